The first-order chi connectivity index (χ1) is 7.88. The minimum atomic E-state index is -0.762. The normalized spacial score (nSPS) is 20.6. The van der Waals surface area contributed by atoms with Crippen LogP contribution in [0.2, 0.25) is 0 Å². The molecule has 0 saturated carbocycles. The second kappa shape index (κ2) is 5.73. The number of nitrogens with one attached hydrogen (secondary N) is 1. The molecule has 17 heavy (non-hydrogen) atoms. The van der Waals surface area contributed by atoms with Gasteiger partial charge in [0.2, 0.25) is 0 Å². The smallest absolute Gasteiger partial charge is 0.325 e. The number of imide groups is 1. The van der Waals surface area contributed by atoms with Crippen LogP contribution in [0.25, 0.3) is 0 Å². The van der Waals surface area contributed by atoms with Gasteiger partial charge in [-0.15, -0.1) is 0 Å². The van der Waals surface area contributed by atoms with Crippen LogP contribution in [-0.2, 0) is 4.79 Å². The number of hydrogen-bond donors (Lipinski definition) is 2. The van der Waals surface area contributed by atoms with E-state index in [2.05, 4.69) is 5.32 Å². The summed E-state index contributed by atoms with van der Waals surface area (Å²) in [4.78, 5) is 24.7. The lowest BCUT2D eigenvalue weighted by Gasteiger charge is -2.16. The summed E-state index contributed by atoms with van der Waals surface area (Å²) >= 11 is 1.68. The summed E-state index contributed by atoms with van der Waals surface area (Å²) in [5, 5.41) is 2.66. The lowest BCUT2D eigenvalue weighted by atomic mass is 10.1. The van der Waals surface area contributed by atoms with Gasteiger partial charge in [0.1, 0.15) is 5.54 Å². The molecular formula is C11H21N3O2S. The van der Waals surface area contributed by atoms with Crippen molar-refractivity contribution >= 4 is 23.7 Å². The Morgan fingerprint density at radius 3 is 2.59 bits per heavy atom. The molecule has 3 N–H and O–H groups in total. The van der Waals surface area contributed by atoms with Crippen molar-refractivity contribution in [2.24, 2.45) is 5.73 Å². The number of carbonyl (C=O) groups excluding carboxylic acids is 2. The zero-order valence-corrected chi connectivity index (χ0v) is 11.5. The molecule has 0 spiro atoms. The molecule has 5 nitrogen and oxygen atoms in total. The number of nitrogens with zero attached hydrogens (tertiary/aromatic N) is 1. The van der Waals surface area contributed by atoms with Gasteiger partial charge < -0.3 is 11.1 Å². The fourth-order valence-corrected chi connectivity index (χ4v) is 2.55. The van der Waals surface area contributed by atoms with Crippen molar-refractivity contribution in [2.45, 2.75) is 38.8 Å². The van der Waals surface area contributed by atoms with Crippen LogP contribution < -0.4 is 11.1 Å². The first kappa shape index (κ1) is 14.3. The summed E-state index contributed by atoms with van der Waals surface area (Å²) in [6.07, 6.45) is 0.948. The van der Waals surface area contributed by atoms with Crippen LogP contribution in [0, 0.1) is 0 Å². The lowest BCUT2D eigenvalue weighted by Crippen LogP contribution is -2.40. The number of urea groups is 1. The van der Waals surface area contributed by atoms with Gasteiger partial charge in [-0.05, 0) is 20.3 Å². The van der Waals surface area contributed by atoms with E-state index in [4.69, 9.17) is 5.73 Å². The predicted octanol–water partition coefficient (Wildman–Crippen LogP) is 0.787. The molecule has 1 atom stereocenters. The molecule has 98 valence electrons. The van der Waals surface area contributed by atoms with Gasteiger partial charge in [-0.1, -0.05) is 6.92 Å². The highest BCUT2D eigenvalue weighted by atomic mass is 32.2. The summed E-state index contributed by atoms with van der Waals surface area (Å²) in [7, 11) is 0. The van der Waals surface area contributed by atoms with Crippen molar-refractivity contribution < 1.29 is 9.59 Å². The highest BCUT2D eigenvalue weighted by molar-refractivity contribution is 7.99. The van der Waals surface area contributed by atoms with Crippen LogP contribution in [0.1, 0.15) is 27.2 Å². The van der Waals surface area contributed by atoms with Crippen molar-refractivity contribution in [2.75, 3.05) is 18.1 Å². The Hall–Kier alpha value is -0.750. The van der Waals surface area contributed by atoms with Crippen LogP contribution in [0.4, 0.5) is 4.79 Å². The van der Waals surface area contributed by atoms with Gasteiger partial charge >= 0.3 is 6.03 Å². The van der Waals surface area contributed by atoms with E-state index in [0.29, 0.717) is 6.54 Å². The molecule has 1 aliphatic rings. The number of rotatable bonds is 6. The maximum atomic E-state index is 11.8. The molecule has 1 unspecified atom stereocenters. The Morgan fingerprint density at radius 1 is 1.47 bits per heavy atom. The molecular weight excluding hydrogens is 238 g/mol. The number of hydrogen-bond acceptors (Lipinski definition) is 4. The van der Waals surface area contributed by atoms with E-state index in [1.54, 1.807) is 25.6 Å². The van der Waals surface area contributed by atoms with Crippen LogP contribution in [0.15, 0.2) is 0 Å². The zero-order valence-electron chi connectivity index (χ0n) is 10.7. The van der Waals surface area contributed by atoms with E-state index in [9.17, 15) is 9.59 Å². The van der Waals surface area contributed by atoms with Gasteiger partial charge in [0.15, 0.2) is 0 Å². The number of thioether (sulfide) groups is 1. The van der Waals surface area contributed by atoms with Gasteiger partial charge in [0.25, 0.3) is 5.91 Å². The Bertz CT molecular complexity index is 307. The number of amides is 3. The molecule has 3 amide bonds. The molecule has 0 aromatic rings. The molecule has 1 rings (SSSR count). The van der Waals surface area contributed by atoms with E-state index >= 15 is 0 Å². The highest BCUT2D eigenvalue weighted by Crippen LogP contribution is 2.17. The van der Waals surface area contributed by atoms with Gasteiger partial charge in [-0.25, -0.2) is 4.79 Å². The lowest BCUT2D eigenvalue weighted by molar-refractivity contribution is -0.130. The zero-order chi connectivity index (χ0) is 13.1. The second-order valence-corrected chi connectivity index (χ2v) is 5.91. The van der Waals surface area contributed by atoms with Crippen LogP contribution >= 0.6 is 11.8 Å². The number of carbonyl (C=O) groups is 2. The third kappa shape index (κ3) is 3.61. The Balaban J connectivity index is 2.33. The first-order valence-electron chi connectivity index (χ1n) is 5.86. The van der Waals surface area contributed by atoms with E-state index in [-0.39, 0.29) is 18.0 Å². The molecule has 1 aliphatic heterocycles. The minimum absolute atomic E-state index is 0.150. The number of nitrogens with two attached hydrogens (primary N) is 1. The quantitative estimate of drug-likeness (QED) is 0.546. The molecule has 1 fully saturated rings. The fourth-order valence-electron chi connectivity index (χ4n) is 1.53. The monoisotopic (exact) mass is 259 g/mol. The molecule has 0 aromatic carbocycles. The molecule has 6 heteroatoms. The van der Waals surface area contributed by atoms with Crippen LogP contribution in [0.3, 0.4) is 0 Å². The first-order valence-corrected chi connectivity index (χ1v) is 7.01. The van der Waals surface area contributed by atoms with E-state index in [0.717, 1.165) is 17.9 Å². The van der Waals surface area contributed by atoms with Crippen molar-refractivity contribution in [3.8, 4) is 0 Å². The standard InChI is InChI=1S/C11H21N3O2S/c1-4-8(12)7-17-6-5-14-9(15)11(2,3)13-10(14)16/h8H,4-7,12H2,1-3H3,(H,13,16). The molecule has 0 bridgehead atoms. The largest absolute Gasteiger partial charge is 0.327 e. The third-order valence-electron chi connectivity index (χ3n) is 2.76. The third-order valence-corrected chi connectivity index (χ3v) is 3.90. The summed E-state index contributed by atoms with van der Waals surface area (Å²) in [6, 6.07) is -0.0973. The minimum Gasteiger partial charge on any atom is -0.327 e. The van der Waals surface area contributed by atoms with Crippen molar-refractivity contribution in [3.63, 3.8) is 0 Å². The molecule has 0 aromatic heterocycles. The topological polar surface area (TPSA) is 75.4 Å². The molecule has 0 aliphatic carbocycles. The van der Waals surface area contributed by atoms with E-state index in [1.807, 2.05) is 6.92 Å². The van der Waals surface area contributed by atoms with Gasteiger partial charge in [0.05, 0.1) is 0 Å². The van der Waals surface area contributed by atoms with Gasteiger partial charge in [0, 0.05) is 24.1 Å². The predicted molar refractivity (Wildman–Crippen MR) is 69.9 cm³/mol. The average Bonchev–Trinajstić information content (AvgIpc) is 2.45. The Morgan fingerprint density at radius 2 is 2.12 bits per heavy atom. The van der Waals surface area contributed by atoms with Gasteiger partial charge in [-0.3, -0.25) is 9.69 Å². The summed E-state index contributed by atoms with van der Waals surface area (Å²) < 4.78 is 0. The van der Waals surface area contributed by atoms with Crippen LogP contribution in [-0.4, -0.2) is 46.5 Å². The maximum absolute atomic E-state index is 11.8. The maximum Gasteiger partial charge on any atom is 0.325 e. The molecule has 0 radical (unpaired) electrons. The fraction of sp³-hybridized carbons (Fsp3) is 0.818. The average molecular weight is 259 g/mol. The van der Waals surface area contributed by atoms with E-state index < -0.39 is 5.54 Å². The Kier molecular flexibility index (Phi) is 4.82. The summed E-state index contributed by atoms with van der Waals surface area (Å²) in [6.45, 7) is 5.93. The molecule has 1 saturated heterocycles. The van der Waals surface area contributed by atoms with Crippen molar-refractivity contribution in [3.05, 3.63) is 0 Å². The molecule has 1 heterocycles. The van der Waals surface area contributed by atoms with Crippen molar-refractivity contribution in [1.82, 2.24) is 10.2 Å². The van der Waals surface area contributed by atoms with E-state index in [1.165, 1.54) is 4.90 Å². The summed E-state index contributed by atoms with van der Waals surface area (Å²) in [5.41, 5.74) is 5.02. The van der Waals surface area contributed by atoms with Crippen LogP contribution in [0.5, 0.6) is 0 Å². The van der Waals surface area contributed by atoms with Crippen molar-refractivity contribution in [1.29, 1.82) is 0 Å². The summed E-state index contributed by atoms with van der Waals surface area (Å²) in [5.74, 6) is 1.45. The highest BCUT2D eigenvalue weighted by Gasteiger charge is 2.43. The van der Waals surface area contributed by atoms with Gasteiger partial charge in [-0.2, -0.15) is 11.8 Å². The Labute approximate surface area is 106 Å². The second-order valence-electron chi connectivity index (χ2n) is 4.76. The SMILES string of the molecule is CCC(N)CSCCN1C(=O)NC(C)(C)C1=O.